The molecule has 100 valence electrons. The van der Waals surface area contributed by atoms with Gasteiger partial charge in [-0.25, -0.2) is 9.52 Å². The lowest BCUT2D eigenvalue weighted by atomic mass is 10.5. The van der Waals surface area contributed by atoms with Gasteiger partial charge in [-0.3, -0.25) is 0 Å². The van der Waals surface area contributed by atoms with E-state index in [1.807, 2.05) is 13.8 Å². The maximum absolute atomic E-state index is 11.2. The number of nitrogens with one attached hydrogen (secondary N) is 2. The summed E-state index contributed by atoms with van der Waals surface area (Å²) in [6.07, 6.45) is 0.294. The van der Waals surface area contributed by atoms with E-state index in [9.17, 15) is 13.2 Å². The lowest BCUT2D eigenvalue weighted by molar-refractivity contribution is 0.0833. The van der Waals surface area contributed by atoms with Crippen molar-refractivity contribution in [2.45, 2.75) is 20.0 Å². The van der Waals surface area contributed by atoms with Crippen molar-refractivity contribution in [3.63, 3.8) is 0 Å². The van der Waals surface area contributed by atoms with Crippen molar-refractivity contribution >= 4 is 16.3 Å². The van der Waals surface area contributed by atoms with E-state index in [2.05, 4.69) is 16.0 Å². The lowest BCUT2D eigenvalue weighted by Gasteiger charge is -2.09. The molecule has 7 nitrogen and oxygen atoms in total. The molecule has 0 saturated carbocycles. The maximum Gasteiger partial charge on any atom is 0.422 e. The largest absolute Gasteiger partial charge is 0.445 e. The van der Waals surface area contributed by atoms with Crippen molar-refractivity contribution in [1.29, 1.82) is 0 Å². The first-order valence-corrected chi connectivity index (χ1v) is 6.52. The lowest BCUT2D eigenvalue weighted by Crippen LogP contribution is -2.41. The minimum atomic E-state index is -3.90. The van der Waals surface area contributed by atoms with Crippen LogP contribution >= 0.6 is 0 Å². The van der Waals surface area contributed by atoms with E-state index in [-0.39, 0.29) is 25.9 Å². The summed E-state index contributed by atoms with van der Waals surface area (Å²) in [5, 5.41) is 0. The Hall–Kier alpha value is -1.12. The van der Waals surface area contributed by atoms with Gasteiger partial charge in [0.05, 0.1) is 12.7 Å². The molecular weight excluding hydrogens is 248 g/mol. The third kappa shape index (κ3) is 9.79. The number of hydrogen-bond acceptors (Lipinski definition) is 5. The fourth-order valence-corrected chi connectivity index (χ4v) is 1.48. The van der Waals surface area contributed by atoms with Crippen LogP contribution in [0.2, 0.25) is 0 Å². The highest BCUT2D eigenvalue weighted by atomic mass is 32.2. The molecule has 0 spiro atoms. The molecule has 0 aliphatic carbocycles. The predicted octanol–water partition coefficient (Wildman–Crippen LogP) is 0.158. The Bertz CT molecular complexity index is 339. The Kier molecular flexibility index (Phi) is 7.51. The minimum absolute atomic E-state index is 0.0185. The fraction of sp³-hybridized carbons (Fsp3) is 0.667. The zero-order valence-electron chi connectivity index (χ0n) is 9.93. The van der Waals surface area contributed by atoms with Crippen LogP contribution in [-0.4, -0.2) is 40.4 Å². The van der Waals surface area contributed by atoms with Crippen LogP contribution < -0.4 is 9.44 Å². The second-order valence-electron chi connectivity index (χ2n) is 3.31. The number of ether oxygens (including phenoxy) is 2. The van der Waals surface area contributed by atoms with Gasteiger partial charge in [-0.05, 0) is 13.8 Å². The Labute approximate surface area is 101 Å². The Morgan fingerprint density at radius 2 is 2.12 bits per heavy atom. The first-order chi connectivity index (χ1) is 7.87. The van der Waals surface area contributed by atoms with Gasteiger partial charge in [-0.1, -0.05) is 12.7 Å². The summed E-state index contributed by atoms with van der Waals surface area (Å²) in [6.45, 7) is 7.22. The summed E-state index contributed by atoms with van der Waals surface area (Å²) in [7, 11) is -3.90. The van der Waals surface area contributed by atoms with Gasteiger partial charge in [-0.15, -0.1) is 0 Å². The van der Waals surface area contributed by atoms with E-state index in [4.69, 9.17) is 4.74 Å². The molecule has 0 aromatic carbocycles. The Morgan fingerprint density at radius 1 is 1.47 bits per heavy atom. The van der Waals surface area contributed by atoms with Crippen LogP contribution in [0.3, 0.4) is 0 Å². The molecule has 0 rings (SSSR count). The molecule has 0 fully saturated rings. The second kappa shape index (κ2) is 8.04. The quantitative estimate of drug-likeness (QED) is 0.482. The Balaban J connectivity index is 3.87. The molecule has 0 bridgehead atoms. The van der Waals surface area contributed by atoms with Crippen LogP contribution in [0.1, 0.15) is 13.8 Å². The minimum Gasteiger partial charge on any atom is -0.445 e. The molecule has 0 aromatic rings. The maximum atomic E-state index is 11.2. The van der Waals surface area contributed by atoms with Crippen molar-refractivity contribution in [2.75, 3.05) is 19.8 Å². The van der Waals surface area contributed by atoms with Crippen molar-refractivity contribution in [3.8, 4) is 0 Å². The van der Waals surface area contributed by atoms with Gasteiger partial charge >= 0.3 is 16.3 Å². The summed E-state index contributed by atoms with van der Waals surface area (Å²) >= 11 is 0. The Morgan fingerprint density at radius 3 is 2.65 bits per heavy atom. The van der Waals surface area contributed by atoms with E-state index in [0.717, 1.165) is 0 Å². The molecular formula is C9H18N2O5S. The SMILES string of the molecule is C=CCOC(=O)NS(=O)(=O)NCCOC(C)C. The van der Waals surface area contributed by atoms with Crippen molar-refractivity contribution in [2.24, 2.45) is 0 Å². The first kappa shape index (κ1) is 15.9. The zero-order chi connectivity index (χ0) is 13.3. The highest BCUT2D eigenvalue weighted by Gasteiger charge is 2.13. The molecule has 2 N–H and O–H groups in total. The van der Waals surface area contributed by atoms with Crippen LogP contribution in [0.4, 0.5) is 4.79 Å². The molecule has 0 unspecified atom stereocenters. The number of hydrogen-bond donors (Lipinski definition) is 2. The molecule has 0 atom stereocenters. The van der Waals surface area contributed by atoms with Crippen LogP contribution in [-0.2, 0) is 19.7 Å². The van der Waals surface area contributed by atoms with Crippen LogP contribution in [0, 0.1) is 0 Å². The molecule has 0 saturated heterocycles. The summed E-state index contributed by atoms with van der Waals surface area (Å²) in [5.41, 5.74) is 0. The zero-order valence-corrected chi connectivity index (χ0v) is 10.7. The van der Waals surface area contributed by atoms with E-state index in [1.165, 1.54) is 6.08 Å². The number of amides is 1. The summed E-state index contributed by atoms with van der Waals surface area (Å²) in [4.78, 5) is 10.9. The molecule has 17 heavy (non-hydrogen) atoms. The highest BCUT2D eigenvalue weighted by Crippen LogP contribution is 1.87. The summed E-state index contributed by atoms with van der Waals surface area (Å²) in [6, 6.07) is 0. The third-order valence-corrected chi connectivity index (χ3v) is 2.41. The van der Waals surface area contributed by atoms with Gasteiger partial charge in [0.15, 0.2) is 0 Å². The molecule has 0 aromatic heterocycles. The monoisotopic (exact) mass is 266 g/mol. The second-order valence-corrected chi connectivity index (χ2v) is 4.81. The highest BCUT2D eigenvalue weighted by molar-refractivity contribution is 7.88. The van der Waals surface area contributed by atoms with Gasteiger partial charge in [0.25, 0.3) is 0 Å². The van der Waals surface area contributed by atoms with Crippen molar-refractivity contribution in [1.82, 2.24) is 9.44 Å². The van der Waals surface area contributed by atoms with Crippen molar-refractivity contribution < 1.29 is 22.7 Å². The van der Waals surface area contributed by atoms with E-state index < -0.39 is 16.3 Å². The van der Waals surface area contributed by atoms with Gasteiger partial charge in [0.1, 0.15) is 6.61 Å². The molecule has 0 heterocycles. The van der Waals surface area contributed by atoms with Crippen LogP contribution in [0.25, 0.3) is 0 Å². The molecule has 0 radical (unpaired) electrons. The average molecular weight is 266 g/mol. The first-order valence-electron chi connectivity index (χ1n) is 5.04. The normalized spacial score (nSPS) is 11.2. The standard InChI is InChI=1S/C9H18N2O5S/c1-4-6-16-9(12)11-17(13,14)10-5-7-15-8(2)3/h4,8,10H,1,5-7H2,2-3H3,(H,11,12). The van der Waals surface area contributed by atoms with Gasteiger partial charge in [0, 0.05) is 6.54 Å². The molecule has 1 amide bonds. The van der Waals surface area contributed by atoms with Gasteiger partial charge in [0.2, 0.25) is 0 Å². The average Bonchev–Trinajstić information content (AvgIpc) is 2.20. The van der Waals surface area contributed by atoms with Gasteiger partial charge in [-0.2, -0.15) is 13.1 Å². The molecule has 0 aliphatic rings. The third-order valence-electron chi connectivity index (χ3n) is 1.40. The van der Waals surface area contributed by atoms with Crippen LogP contribution in [0.15, 0.2) is 12.7 Å². The number of carbonyl (C=O) groups excluding carboxylic acids is 1. The predicted molar refractivity (Wildman–Crippen MR) is 62.7 cm³/mol. The number of rotatable bonds is 8. The fourth-order valence-electron chi connectivity index (χ4n) is 0.781. The number of carbonyl (C=O) groups is 1. The summed E-state index contributed by atoms with van der Waals surface area (Å²) < 4.78 is 35.9. The van der Waals surface area contributed by atoms with E-state index >= 15 is 0 Å². The van der Waals surface area contributed by atoms with E-state index in [0.29, 0.717) is 0 Å². The van der Waals surface area contributed by atoms with E-state index in [1.54, 1.807) is 4.72 Å². The van der Waals surface area contributed by atoms with Crippen LogP contribution in [0.5, 0.6) is 0 Å². The van der Waals surface area contributed by atoms with Gasteiger partial charge < -0.3 is 9.47 Å². The smallest absolute Gasteiger partial charge is 0.422 e. The summed E-state index contributed by atoms with van der Waals surface area (Å²) in [5.74, 6) is 0. The topological polar surface area (TPSA) is 93.7 Å². The van der Waals surface area contributed by atoms with Crippen molar-refractivity contribution in [3.05, 3.63) is 12.7 Å². The molecule has 0 aliphatic heterocycles. The molecule has 8 heteroatoms.